The number of benzene rings is 1. The van der Waals surface area contributed by atoms with Gasteiger partial charge in [-0.1, -0.05) is 23.7 Å². The molecule has 102 valence electrons. The van der Waals surface area contributed by atoms with E-state index in [9.17, 15) is 9.90 Å². The smallest absolute Gasteiger partial charge is 0.238 e. The predicted molar refractivity (Wildman–Crippen MR) is 74.2 cm³/mol. The van der Waals surface area contributed by atoms with Crippen molar-refractivity contribution in [1.29, 1.82) is 0 Å². The molecule has 0 unspecified atom stereocenters. The van der Waals surface area contributed by atoms with E-state index in [1.165, 1.54) is 0 Å². The lowest BCUT2D eigenvalue weighted by Gasteiger charge is -2.46. The minimum Gasteiger partial charge on any atom is -0.387 e. The molecule has 0 aromatic heterocycles. The molecule has 2 fully saturated rings. The third-order valence-electron chi connectivity index (χ3n) is 3.85. The van der Waals surface area contributed by atoms with Crippen molar-refractivity contribution in [3.63, 3.8) is 0 Å². The molecule has 1 saturated carbocycles. The van der Waals surface area contributed by atoms with E-state index in [0.29, 0.717) is 36.3 Å². The van der Waals surface area contributed by atoms with Crippen molar-refractivity contribution >= 4 is 23.2 Å². The molecule has 3 rings (SSSR count). The number of nitrogens with one attached hydrogen (secondary N) is 1. The Bertz CT molecular complexity index is 496. The van der Waals surface area contributed by atoms with Gasteiger partial charge in [-0.15, -0.1) is 0 Å². The summed E-state index contributed by atoms with van der Waals surface area (Å²) in [7, 11) is 0. The monoisotopic (exact) mass is 280 g/mol. The maximum absolute atomic E-state index is 11.9. The summed E-state index contributed by atoms with van der Waals surface area (Å²) in [6.45, 7) is 1.52. The van der Waals surface area contributed by atoms with Crippen LogP contribution in [-0.2, 0) is 4.79 Å². The topological polar surface area (TPSA) is 52.6 Å². The molecule has 0 radical (unpaired) electrons. The lowest BCUT2D eigenvalue weighted by molar-refractivity contribution is -0.132. The summed E-state index contributed by atoms with van der Waals surface area (Å²) < 4.78 is 0. The molecule has 1 heterocycles. The van der Waals surface area contributed by atoms with Crippen LogP contribution in [0.3, 0.4) is 0 Å². The van der Waals surface area contributed by atoms with E-state index in [1.807, 2.05) is 17.0 Å². The Hall–Kier alpha value is -1.10. The predicted octanol–water partition coefficient (Wildman–Crippen LogP) is 1.74. The van der Waals surface area contributed by atoms with Crippen LogP contribution in [0.4, 0.5) is 5.69 Å². The Morgan fingerprint density at radius 3 is 2.74 bits per heavy atom. The highest BCUT2D eigenvalue weighted by atomic mass is 35.5. The molecule has 5 heteroatoms. The van der Waals surface area contributed by atoms with Crippen molar-refractivity contribution in [2.24, 2.45) is 5.92 Å². The summed E-state index contributed by atoms with van der Waals surface area (Å²) in [6, 6.07) is 7.17. The SMILES string of the molecule is O=C(CN1CC(O)(C2CC2)C1)Nc1ccccc1Cl. The molecule has 1 aromatic rings. The summed E-state index contributed by atoms with van der Waals surface area (Å²) in [5, 5.41) is 13.5. The quantitative estimate of drug-likeness (QED) is 0.883. The lowest BCUT2D eigenvalue weighted by atomic mass is 9.89. The van der Waals surface area contributed by atoms with Crippen LogP contribution in [-0.4, -0.2) is 41.1 Å². The van der Waals surface area contributed by atoms with Gasteiger partial charge in [-0.2, -0.15) is 0 Å². The molecular weight excluding hydrogens is 264 g/mol. The third kappa shape index (κ3) is 2.76. The number of para-hydroxylation sites is 1. The number of hydrogen-bond donors (Lipinski definition) is 2. The zero-order valence-electron chi connectivity index (χ0n) is 10.6. The van der Waals surface area contributed by atoms with Gasteiger partial charge in [0, 0.05) is 13.1 Å². The van der Waals surface area contributed by atoms with Crippen LogP contribution in [0, 0.1) is 5.92 Å². The second-order valence-corrected chi connectivity index (χ2v) is 5.96. The number of β-amino-alcohol motifs (C(OH)–C–C–N with tert-alkyl or cyclic N) is 1. The highest BCUT2D eigenvalue weighted by Gasteiger charge is 2.51. The highest BCUT2D eigenvalue weighted by molar-refractivity contribution is 6.33. The van der Waals surface area contributed by atoms with Crippen LogP contribution in [0.2, 0.25) is 5.02 Å². The molecule has 0 bridgehead atoms. The van der Waals surface area contributed by atoms with E-state index in [-0.39, 0.29) is 5.91 Å². The van der Waals surface area contributed by atoms with Crippen molar-refractivity contribution in [1.82, 2.24) is 4.90 Å². The summed E-state index contributed by atoms with van der Waals surface area (Å²) in [6.07, 6.45) is 2.24. The van der Waals surface area contributed by atoms with Gasteiger partial charge in [0.15, 0.2) is 0 Å². The van der Waals surface area contributed by atoms with E-state index in [0.717, 1.165) is 12.8 Å². The van der Waals surface area contributed by atoms with E-state index in [4.69, 9.17) is 11.6 Å². The van der Waals surface area contributed by atoms with Gasteiger partial charge in [0.25, 0.3) is 0 Å². The van der Waals surface area contributed by atoms with Gasteiger partial charge in [0.2, 0.25) is 5.91 Å². The summed E-state index contributed by atoms with van der Waals surface area (Å²) >= 11 is 5.98. The Morgan fingerprint density at radius 1 is 1.42 bits per heavy atom. The number of aliphatic hydroxyl groups is 1. The number of rotatable bonds is 4. The molecule has 1 aromatic carbocycles. The molecule has 1 saturated heterocycles. The molecule has 19 heavy (non-hydrogen) atoms. The molecule has 1 aliphatic carbocycles. The Balaban J connectivity index is 1.49. The van der Waals surface area contributed by atoms with E-state index in [1.54, 1.807) is 12.1 Å². The van der Waals surface area contributed by atoms with Crippen LogP contribution < -0.4 is 5.32 Å². The molecule has 1 aliphatic heterocycles. The van der Waals surface area contributed by atoms with Crippen molar-refractivity contribution in [2.45, 2.75) is 18.4 Å². The van der Waals surface area contributed by atoms with E-state index in [2.05, 4.69) is 5.32 Å². The van der Waals surface area contributed by atoms with Crippen LogP contribution >= 0.6 is 11.6 Å². The van der Waals surface area contributed by atoms with Gasteiger partial charge in [-0.05, 0) is 30.9 Å². The zero-order valence-corrected chi connectivity index (χ0v) is 11.4. The molecule has 2 N–H and O–H groups in total. The summed E-state index contributed by atoms with van der Waals surface area (Å²) in [4.78, 5) is 13.8. The minimum absolute atomic E-state index is 0.0917. The number of likely N-dealkylation sites (tertiary alicyclic amines) is 1. The molecule has 2 aliphatic rings. The average Bonchev–Trinajstić information content (AvgIpc) is 3.14. The lowest BCUT2D eigenvalue weighted by Crippen LogP contribution is -2.64. The standard InChI is InChI=1S/C14H17ClN2O2/c15-11-3-1-2-4-12(11)16-13(18)7-17-8-14(19,9-17)10-5-6-10/h1-4,10,19H,5-9H2,(H,16,18). The average molecular weight is 281 g/mol. The number of nitrogens with zero attached hydrogens (tertiary/aromatic N) is 1. The minimum atomic E-state index is -0.537. The van der Waals surface area contributed by atoms with Crippen molar-refractivity contribution in [3.8, 4) is 0 Å². The Morgan fingerprint density at radius 2 is 2.11 bits per heavy atom. The van der Waals surface area contributed by atoms with E-state index < -0.39 is 5.60 Å². The van der Waals surface area contributed by atoms with Crippen molar-refractivity contribution < 1.29 is 9.90 Å². The summed E-state index contributed by atoms with van der Waals surface area (Å²) in [5.41, 5.74) is 0.0946. The first-order chi connectivity index (χ1) is 9.07. The maximum atomic E-state index is 11.9. The van der Waals surface area contributed by atoms with Gasteiger partial charge in [-0.25, -0.2) is 0 Å². The Labute approximate surface area is 117 Å². The number of carbonyl (C=O) groups is 1. The fraction of sp³-hybridized carbons (Fsp3) is 0.500. The third-order valence-corrected chi connectivity index (χ3v) is 4.18. The number of halogens is 1. The second-order valence-electron chi connectivity index (χ2n) is 5.55. The number of hydrogen-bond acceptors (Lipinski definition) is 3. The molecule has 0 spiro atoms. The van der Waals surface area contributed by atoms with Crippen LogP contribution in [0.25, 0.3) is 0 Å². The van der Waals surface area contributed by atoms with Gasteiger partial charge in [0.05, 0.1) is 22.9 Å². The van der Waals surface area contributed by atoms with Crippen molar-refractivity contribution in [3.05, 3.63) is 29.3 Å². The molecular formula is C14H17ClN2O2. The second kappa shape index (κ2) is 4.78. The van der Waals surface area contributed by atoms with E-state index >= 15 is 0 Å². The molecule has 4 nitrogen and oxygen atoms in total. The normalized spacial score (nSPS) is 21.8. The first-order valence-electron chi connectivity index (χ1n) is 6.56. The van der Waals surface area contributed by atoms with Gasteiger partial charge < -0.3 is 10.4 Å². The van der Waals surface area contributed by atoms with Gasteiger partial charge >= 0.3 is 0 Å². The Kier molecular flexibility index (Phi) is 3.25. The first kappa shape index (κ1) is 12.9. The van der Waals surface area contributed by atoms with Crippen LogP contribution in [0.5, 0.6) is 0 Å². The van der Waals surface area contributed by atoms with Gasteiger partial charge in [-0.3, -0.25) is 9.69 Å². The first-order valence-corrected chi connectivity index (χ1v) is 6.94. The van der Waals surface area contributed by atoms with Crippen LogP contribution in [0.1, 0.15) is 12.8 Å². The summed E-state index contributed by atoms with van der Waals surface area (Å²) in [5.74, 6) is 0.362. The number of anilines is 1. The largest absolute Gasteiger partial charge is 0.387 e. The van der Waals surface area contributed by atoms with Gasteiger partial charge in [0.1, 0.15) is 0 Å². The number of amides is 1. The zero-order chi connectivity index (χ0) is 13.5. The van der Waals surface area contributed by atoms with Crippen LogP contribution in [0.15, 0.2) is 24.3 Å². The fourth-order valence-electron chi connectivity index (χ4n) is 2.67. The molecule has 1 amide bonds. The fourth-order valence-corrected chi connectivity index (χ4v) is 2.86. The maximum Gasteiger partial charge on any atom is 0.238 e. The number of carbonyl (C=O) groups excluding carboxylic acids is 1. The van der Waals surface area contributed by atoms with Crippen molar-refractivity contribution in [2.75, 3.05) is 25.0 Å². The molecule has 0 atom stereocenters. The highest BCUT2D eigenvalue weighted by Crippen LogP contribution is 2.44.